The van der Waals surface area contributed by atoms with Gasteiger partial charge < -0.3 is 0 Å². The van der Waals surface area contributed by atoms with Gasteiger partial charge in [-0.1, -0.05) is 48.5 Å². The van der Waals surface area contributed by atoms with Crippen molar-refractivity contribution >= 4 is 32.8 Å². The molecular formula is C20H15N5O3S. The second kappa shape index (κ2) is 7.64. The Morgan fingerprint density at radius 2 is 1.79 bits per heavy atom. The molecule has 0 aliphatic carbocycles. The zero-order valence-corrected chi connectivity index (χ0v) is 15.8. The molecular weight excluding hydrogens is 390 g/mol. The highest BCUT2D eigenvalue weighted by Gasteiger charge is 2.17. The summed E-state index contributed by atoms with van der Waals surface area (Å²) in [6.45, 7) is 0. The number of fused-ring (bicyclic) bond motifs is 1. The minimum absolute atomic E-state index is 0.0718. The van der Waals surface area contributed by atoms with Crippen LogP contribution in [-0.4, -0.2) is 34.5 Å². The molecule has 0 saturated heterocycles. The van der Waals surface area contributed by atoms with E-state index in [4.69, 9.17) is 0 Å². The Labute approximate surface area is 166 Å². The Kier molecular flexibility index (Phi) is 4.88. The highest BCUT2D eigenvalue weighted by atomic mass is 32.2. The maximum absolute atomic E-state index is 12.6. The SMILES string of the molecule is O=C(/C=C/c1cccc2ccccc12)NS(=O)(=O)c1cccc(-n2cnnn2)c1. The van der Waals surface area contributed by atoms with E-state index in [0.717, 1.165) is 16.3 Å². The number of carbonyl (C=O) groups is 1. The van der Waals surface area contributed by atoms with E-state index in [1.807, 2.05) is 47.2 Å². The fraction of sp³-hybridized carbons (Fsp3) is 0. The summed E-state index contributed by atoms with van der Waals surface area (Å²) in [5, 5.41) is 12.8. The Hall–Kier alpha value is -3.85. The molecule has 0 radical (unpaired) electrons. The first-order valence-corrected chi connectivity index (χ1v) is 10.1. The van der Waals surface area contributed by atoms with Crippen LogP contribution in [0.15, 0.2) is 84.0 Å². The lowest BCUT2D eigenvalue weighted by atomic mass is 10.0. The molecule has 0 bridgehead atoms. The van der Waals surface area contributed by atoms with Crippen LogP contribution in [0, 0.1) is 0 Å². The van der Waals surface area contributed by atoms with E-state index >= 15 is 0 Å². The molecule has 1 aromatic heterocycles. The Morgan fingerprint density at radius 3 is 2.62 bits per heavy atom. The maximum Gasteiger partial charge on any atom is 0.264 e. The summed E-state index contributed by atoms with van der Waals surface area (Å²) in [5.74, 6) is -0.745. The van der Waals surface area contributed by atoms with Gasteiger partial charge in [-0.3, -0.25) is 4.79 Å². The molecule has 9 heteroatoms. The van der Waals surface area contributed by atoms with Crippen molar-refractivity contribution in [1.29, 1.82) is 0 Å². The predicted octanol–water partition coefficient (Wildman–Crippen LogP) is 2.33. The third-order valence-corrected chi connectivity index (χ3v) is 5.56. The van der Waals surface area contributed by atoms with Crippen molar-refractivity contribution in [2.75, 3.05) is 0 Å². The molecule has 3 aromatic carbocycles. The molecule has 0 aliphatic rings. The van der Waals surface area contributed by atoms with Crippen molar-refractivity contribution in [2.24, 2.45) is 0 Å². The molecule has 1 N–H and O–H groups in total. The fourth-order valence-corrected chi connectivity index (χ4v) is 3.84. The van der Waals surface area contributed by atoms with Crippen molar-refractivity contribution in [2.45, 2.75) is 4.90 Å². The molecule has 144 valence electrons. The standard InChI is InChI=1S/C20H15N5O3S/c26-20(12-11-16-7-3-6-15-5-1-2-10-19(15)16)22-29(27,28)18-9-4-8-17(13-18)25-14-21-23-24-25/h1-14H,(H,22,26)/b12-11+. The van der Waals surface area contributed by atoms with Crippen LogP contribution in [0.5, 0.6) is 0 Å². The van der Waals surface area contributed by atoms with E-state index in [2.05, 4.69) is 15.5 Å². The fourth-order valence-electron chi connectivity index (χ4n) is 2.86. The van der Waals surface area contributed by atoms with Crippen LogP contribution >= 0.6 is 0 Å². The zero-order chi connectivity index (χ0) is 20.3. The number of rotatable bonds is 5. The average Bonchev–Trinajstić information content (AvgIpc) is 3.27. The molecule has 29 heavy (non-hydrogen) atoms. The van der Waals surface area contributed by atoms with Crippen LogP contribution in [0.3, 0.4) is 0 Å². The molecule has 8 nitrogen and oxygen atoms in total. The number of hydrogen-bond acceptors (Lipinski definition) is 6. The van der Waals surface area contributed by atoms with Gasteiger partial charge in [0.1, 0.15) is 6.33 Å². The van der Waals surface area contributed by atoms with Gasteiger partial charge in [0.05, 0.1) is 10.6 Å². The lowest BCUT2D eigenvalue weighted by molar-refractivity contribution is -0.114. The minimum atomic E-state index is -4.05. The van der Waals surface area contributed by atoms with Gasteiger partial charge in [0.2, 0.25) is 0 Å². The highest BCUT2D eigenvalue weighted by Crippen LogP contribution is 2.19. The number of nitrogens with one attached hydrogen (secondary N) is 1. The average molecular weight is 405 g/mol. The van der Waals surface area contributed by atoms with Crippen molar-refractivity contribution in [1.82, 2.24) is 24.9 Å². The monoisotopic (exact) mass is 405 g/mol. The van der Waals surface area contributed by atoms with Gasteiger partial charge in [0.25, 0.3) is 15.9 Å². The van der Waals surface area contributed by atoms with Gasteiger partial charge in [-0.15, -0.1) is 5.10 Å². The number of benzene rings is 3. The number of amides is 1. The first-order valence-electron chi connectivity index (χ1n) is 8.59. The molecule has 0 atom stereocenters. The lowest BCUT2D eigenvalue weighted by Crippen LogP contribution is -2.29. The van der Waals surface area contributed by atoms with Crippen molar-refractivity contribution < 1.29 is 13.2 Å². The van der Waals surface area contributed by atoms with Gasteiger partial charge in [-0.2, -0.15) is 0 Å². The maximum atomic E-state index is 12.6. The number of hydrogen-bond donors (Lipinski definition) is 1. The zero-order valence-electron chi connectivity index (χ0n) is 15.0. The molecule has 0 fully saturated rings. The van der Waals surface area contributed by atoms with Crippen molar-refractivity contribution in [3.8, 4) is 5.69 Å². The second-order valence-electron chi connectivity index (χ2n) is 6.12. The number of sulfonamides is 1. The van der Waals surface area contributed by atoms with Crippen LogP contribution in [0.4, 0.5) is 0 Å². The molecule has 0 aliphatic heterocycles. The topological polar surface area (TPSA) is 107 Å². The summed E-state index contributed by atoms with van der Waals surface area (Å²) in [5.41, 5.74) is 1.27. The second-order valence-corrected chi connectivity index (χ2v) is 7.81. The van der Waals surface area contributed by atoms with Crippen LogP contribution in [0.1, 0.15) is 5.56 Å². The van der Waals surface area contributed by atoms with E-state index in [1.165, 1.54) is 29.2 Å². The van der Waals surface area contributed by atoms with Crippen LogP contribution in [-0.2, 0) is 14.8 Å². The smallest absolute Gasteiger partial charge is 0.264 e. The van der Waals surface area contributed by atoms with Gasteiger partial charge in [0, 0.05) is 6.08 Å². The van der Waals surface area contributed by atoms with E-state index in [0.29, 0.717) is 5.69 Å². The van der Waals surface area contributed by atoms with Crippen LogP contribution < -0.4 is 4.72 Å². The Morgan fingerprint density at radius 1 is 1.00 bits per heavy atom. The Bertz CT molecular complexity index is 1310. The normalized spacial score (nSPS) is 11.7. The minimum Gasteiger partial charge on any atom is -0.269 e. The summed E-state index contributed by atoms with van der Waals surface area (Å²) in [4.78, 5) is 12.2. The highest BCUT2D eigenvalue weighted by molar-refractivity contribution is 7.90. The number of nitrogens with zero attached hydrogens (tertiary/aromatic N) is 4. The van der Waals surface area contributed by atoms with Crippen LogP contribution in [0.25, 0.3) is 22.5 Å². The summed E-state index contributed by atoms with van der Waals surface area (Å²) in [6.07, 6.45) is 4.13. The van der Waals surface area contributed by atoms with E-state index in [1.54, 1.807) is 18.2 Å². The van der Waals surface area contributed by atoms with Crippen molar-refractivity contribution in [3.05, 3.63) is 84.7 Å². The Balaban J connectivity index is 1.55. The van der Waals surface area contributed by atoms with E-state index < -0.39 is 15.9 Å². The van der Waals surface area contributed by atoms with Gasteiger partial charge in [0.15, 0.2) is 0 Å². The number of aromatic nitrogens is 4. The van der Waals surface area contributed by atoms with Crippen LogP contribution in [0.2, 0.25) is 0 Å². The molecule has 1 heterocycles. The number of carbonyl (C=O) groups excluding carboxylic acids is 1. The molecule has 4 rings (SSSR count). The molecule has 4 aromatic rings. The molecule has 0 saturated carbocycles. The molecule has 0 unspecified atom stereocenters. The van der Waals surface area contributed by atoms with E-state index in [9.17, 15) is 13.2 Å². The summed E-state index contributed by atoms with van der Waals surface area (Å²) in [6, 6.07) is 19.4. The summed E-state index contributed by atoms with van der Waals surface area (Å²) >= 11 is 0. The van der Waals surface area contributed by atoms with Gasteiger partial charge >= 0.3 is 0 Å². The third kappa shape index (κ3) is 4.04. The van der Waals surface area contributed by atoms with Crippen molar-refractivity contribution in [3.63, 3.8) is 0 Å². The molecule has 1 amide bonds. The third-order valence-electron chi connectivity index (χ3n) is 4.21. The van der Waals surface area contributed by atoms with Gasteiger partial charge in [-0.25, -0.2) is 17.8 Å². The lowest BCUT2D eigenvalue weighted by Gasteiger charge is -2.07. The molecule has 0 spiro atoms. The quantitative estimate of drug-likeness (QED) is 0.511. The van der Waals surface area contributed by atoms with Gasteiger partial charge in [-0.05, 0) is 51.0 Å². The van der Waals surface area contributed by atoms with E-state index in [-0.39, 0.29) is 4.90 Å². The summed E-state index contributed by atoms with van der Waals surface area (Å²) < 4.78 is 28.5. The summed E-state index contributed by atoms with van der Waals surface area (Å²) in [7, 11) is -4.05. The first-order chi connectivity index (χ1) is 14.0. The first kappa shape index (κ1) is 18.5. The largest absolute Gasteiger partial charge is 0.269 e. The predicted molar refractivity (Wildman–Crippen MR) is 107 cm³/mol. The number of tetrazole rings is 1.